The number of hydrogen-bond donors (Lipinski definition) is 2. The van der Waals surface area contributed by atoms with Gasteiger partial charge in [0.05, 0.1) is 5.37 Å². The zero-order valence-corrected chi connectivity index (χ0v) is 8.45. The number of nitrogens with one attached hydrogen (secondary N) is 1. The maximum absolute atomic E-state index is 8.95. The molecule has 0 radical (unpaired) electrons. The van der Waals surface area contributed by atoms with Gasteiger partial charge in [-0.05, 0) is 26.0 Å². The second-order valence-electron chi connectivity index (χ2n) is 2.71. The predicted molar refractivity (Wildman–Crippen MR) is 51.6 cm³/mol. The van der Waals surface area contributed by atoms with Gasteiger partial charge in [0, 0.05) is 0 Å². The van der Waals surface area contributed by atoms with Crippen LogP contribution in [-0.2, 0) is 0 Å². The molecule has 0 rings (SSSR count). The topological polar surface area (TPSA) is 32.3 Å². The summed E-state index contributed by atoms with van der Waals surface area (Å²) in [5.74, 6) is 1.18. The first-order valence-electron chi connectivity index (χ1n) is 4.22. The summed E-state index contributed by atoms with van der Waals surface area (Å²) in [5, 5.41) is 12.3. The molecule has 2 atom stereocenters. The second-order valence-corrected chi connectivity index (χ2v) is 4.16. The van der Waals surface area contributed by atoms with Crippen molar-refractivity contribution in [2.75, 3.05) is 5.75 Å². The molecule has 2 N–H and O–H groups in total. The summed E-state index contributed by atoms with van der Waals surface area (Å²) in [7, 11) is 0. The van der Waals surface area contributed by atoms with Crippen molar-refractivity contribution in [2.24, 2.45) is 0 Å². The van der Waals surface area contributed by atoms with E-state index in [0.29, 0.717) is 5.37 Å². The van der Waals surface area contributed by atoms with Crippen LogP contribution in [0.2, 0.25) is 0 Å². The monoisotopic (exact) mass is 177 g/mol. The lowest BCUT2D eigenvalue weighted by molar-refractivity contribution is 0.155. The molecular weight excluding hydrogens is 158 g/mol. The van der Waals surface area contributed by atoms with Crippen LogP contribution in [0.5, 0.6) is 0 Å². The normalized spacial score (nSPS) is 16.4. The first-order chi connectivity index (χ1) is 5.16. The zero-order chi connectivity index (χ0) is 8.69. The van der Waals surface area contributed by atoms with Crippen LogP contribution in [0.4, 0.5) is 0 Å². The highest BCUT2D eigenvalue weighted by Gasteiger charge is 2.02. The van der Waals surface area contributed by atoms with Crippen LogP contribution in [-0.4, -0.2) is 22.5 Å². The van der Waals surface area contributed by atoms with Gasteiger partial charge in [0.25, 0.3) is 0 Å². The summed E-state index contributed by atoms with van der Waals surface area (Å²) in [6.07, 6.45) is 2.12. The molecule has 0 amide bonds. The Kier molecular flexibility index (Phi) is 7.12. The number of aliphatic hydroxyl groups excluding tert-OH is 1. The molecule has 0 aliphatic rings. The zero-order valence-electron chi connectivity index (χ0n) is 7.63. The van der Waals surface area contributed by atoms with Crippen molar-refractivity contribution in [3.8, 4) is 0 Å². The van der Waals surface area contributed by atoms with Crippen LogP contribution in [0.25, 0.3) is 0 Å². The smallest absolute Gasteiger partial charge is 0.102 e. The van der Waals surface area contributed by atoms with E-state index in [4.69, 9.17) is 5.11 Å². The average Bonchev–Trinajstić information content (AvgIpc) is 1.86. The second kappa shape index (κ2) is 6.95. The Morgan fingerprint density at radius 1 is 1.45 bits per heavy atom. The molecule has 11 heavy (non-hydrogen) atoms. The molecule has 0 aromatic rings. The molecule has 0 aromatic carbocycles. The SMILES string of the molecule is CCCCSC(C)NC(C)O. The van der Waals surface area contributed by atoms with E-state index in [2.05, 4.69) is 19.2 Å². The Hall–Kier alpha value is 0.270. The van der Waals surface area contributed by atoms with Gasteiger partial charge in [0.2, 0.25) is 0 Å². The molecule has 2 nitrogen and oxygen atoms in total. The van der Waals surface area contributed by atoms with Crippen LogP contribution >= 0.6 is 11.8 Å². The molecule has 0 heterocycles. The fourth-order valence-electron chi connectivity index (χ4n) is 0.792. The van der Waals surface area contributed by atoms with Crippen LogP contribution < -0.4 is 5.32 Å². The van der Waals surface area contributed by atoms with Crippen LogP contribution in [0, 0.1) is 0 Å². The highest BCUT2D eigenvalue weighted by Crippen LogP contribution is 2.09. The quantitative estimate of drug-likeness (QED) is 0.479. The molecule has 3 heteroatoms. The van der Waals surface area contributed by atoms with Crippen molar-refractivity contribution in [1.82, 2.24) is 5.32 Å². The first kappa shape index (κ1) is 11.3. The van der Waals surface area contributed by atoms with Crippen molar-refractivity contribution in [3.05, 3.63) is 0 Å². The van der Waals surface area contributed by atoms with Gasteiger partial charge in [-0.25, -0.2) is 0 Å². The van der Waals surface area contributed by atoms with Crippen molar-refractivity contribution in [3.63, 3.8) is 0 Å². The third-order valence-corrected chi connectivity index (χ3v) is 2.50. The largest absolute Gasteiger partial charge is 0.379 e. The maximum Gasteiger partial charge on any atom is 0.102 e. The van der Waals surface area contributed by atoms with Gasteiger partial charge >= 0.3 is 0 Å². The number of aliphatic hydroxyl groups is 1. The lowest BCUT2D eigenvalue weighted by atomic mass is 10.4. The van der Waals surface area contributed by atoms with E-state index in [-0.39, 0.29) is 6.23 Å². The van der Waals surface area contributed by atoms with Gasteiger partial charge in [-0.1, -0.05) is 13.3 Å². The van der Waals surface area contributed by atoms with Crippen molar-refractivity contribution in [2.45, 2.75) is 45.2 Å². The summed E-state index contributed by atoms with van der Waals surface area (Å²) in [6, 6.07) is 0. The summed E-state index contributed by atoms with van der Waals surface area (Å²) in [4.78, 5) is 0. The van der Waals surface area contributed by atoms with Gasteiger partial charge < -0.3 is 5.11 Å². The van der Waals surface area contributed by atoms with Gasteiger partial charge in [-0.3, -0.25) is 5.32 Å². The standard InChI is InChI=1S/C8H19NOS/c1-4-5-6-11-8(3)9-7(2)10/h7-10H,4-6H2,1-3H3. The van der Waals surface area contributed by atoms with Crippen molar-refractivity contribution in [1.29, 1.82) is 0 Å². The highest BCUT2D eigenvalue weighted by atomic mass is 32.2. The van der Waals surface area contributed by atoms with E-state index in [1.165, 1.54) is 18.6 Å². The van der Waals surface area contributed by atoms with Gasteiger partial charge in [-0.2, -0.15) is 0 Å². The van der Waals surface area contributed by atoms with Gasteiger partial charge in [0.1, 0.15) is 6.23 Å². The van der Waals surface area contributed by atoms with Crippen LogP contribution in [0.15, 0.2) is 0 Å². The minimum absolute atomic E-state index is 0.363. The minimum atomic E-state index is -0.390. The molecule has 0 saturated heterocycles. The Bertz CT molecular complexity index is 88.2. The third kappa shape index (κ3) is 8.17. The highest BCUT2D eigenvalue weighted by molar-refractivity contribution is 7.99. The Balaban J connectivity index is 3.15. The number of rotatable bonds is 6. The molecule has 68 valence electrons. The van der Waals surface area contributed by atoms with Gasteiger partial charge in [0.15, 0.2) is 0 Å². The molecule has 0 aliphatic heterocycles. The van der Waals surface area contributed by atoms with E-state index in [0.717, 1.165) is 0 Å². The molecule has 0 saturated carbocycles. The van der Waals surface area contributed by atoms with E-state index in [1.807, 2.05) is 11.8 Å². The van der Waals surface area contributed by atoms with Crippen molar-refractivity contribution < 1.29 is 5.11 Å². The van der Waals surface area contributed by atoms with Crippen LogP contribution in [0.3, 0.4) is 0 Å². The van der Waals surface area contributed by atoms with E-state index < -0.39 is 0 Å². The Morgan fingerprint density at radius 3 is 2.55 bits per heavy atom. The van der Waals surface area contributed by atoms with E-state index in [9.17, 15) is 0 Å². The maximum atomic E-state index is 8.95. The van der Waals surface area contributed by atoms with Gasteiger partial charge in [-0.15, -0.1) is 11.8 Å². The summed E-state index contributed by atoms with van der Waals surface area (Å²) < 4.78 is 0. The lowest BCUT2D eigenvalue weighted by Crippen LogP contribution is -2.32. The molecule has 2 unspecified atom stereocenters. The molecule has 0 spiro atoms. The van der Waals surface area contributed by atoms with E-state index >= 15 is 0 Å². The fraction of sp³-hybridized carbons (Fsp3) is 1.00. The lowest BCUT2D eigenvalue weighted by Gasteiger charge is -2.14. The fourth-order valence-corrected chi connectivity index (χ4v) is 1.89. The molecule has 0 aromatic heterocycles. The van der Waals surface area contributed by atoms with Crippen molar-refractivity contribution >= 4 is 11.8 Å². The molecular formula is C8H19NOS. The summed E-state index contributed by atoms with van der Waals surface area (Å²) in [5.41, 5.74) is 0. The molecule has 0 bridgehead atoms. The minimum Gasteiger partial charge on any atom is -0.379 e. The molecule has 0 aliphatic carbocycles. The number of thioether (sulfide) groups is 1. The van der Waals surface area contributed by atoms with Crippen LogP contribution in [0.1, 0.15) is 33.6 Å². The summed E-state index contributed by atoms with van der Waals surface area (Å²) in [6.45, 7) is 6.01. The summed E-state index contributed by atoms with van der Waals surface area (Å²) >= 11 is 1.86. The number of unbranched alkanes of at least 4 members (excludes halogenated alkanes) is 1. The number of hydrogen-bond acceptors (Lipinski definition) is 3. The third-order valence-electron chi connectivity index (χ3n) is 1.34. The Labute approximate surface area is 73.8 Å². The van der Waals surface area contributed by atoms with E-state index in [1.54, 1.807) is 6.92 Å². The average molecular weight is 177 g/mol. The molecule has 0 fully saturated rings. The predicted octanol–water partition coefficient (Wildman–Crippen LogP) is 1.79. The Morgan fingerprint density at radius 2 is 2.09 bits per heavy atom. The first-order valence-corrected chi connectivity index (χ1v) is 5.27.